The van der Waals surface area contributed by atoms with Gasteiger partial charge in [-0.2, -0.15) is 0 Å². The number of thiazole rings is 1. The first-order valence-corrected chi connectivity index (χ1v) is 7.89. The van der Waals surface area contributed by atoms with E-state index in [4.69, 9.17) is 11.6 Å². The molecule has 2 heterocycles. The van der Waals surface area contributed by atoms with Crippen LogP contribution >= 0.6 is 22.9 Å². The lowest BCUT2D eigenvalue weighted by Crippen LogP contribution is -2.38. The maximum absolute atomic E-state index is 5.90. The molecule has 2 rings (SSSR count). The van der Waals surface area contributed by atoms with Gasteiger partial charge in [0, 0.05) is 36.8 Å². The lowest BCUT2D eigenvalue weighted by atomic mass is 10.1. The van der Waals surface area contributed by atoms with Crippen LogP contribution in [0.4, 0.5) is 0 Å². The lowest BCUT2D eigenvalue weighted by Gasteiger charge is -2.26. The Morgan fingerprint density at radius 2 is 2.44 bits per heavy atom. The standard InChI is InChI=1S/C13H22ClN3S/c1-10(2)7-17(8-11-4-3-5-15-11)9-12-6-16-13(14)18-12/h6,10-11,15H,3-5,7-9H2,1-2H3. The minimum atomic E-state index is 0.647. The van der Waals surface area contributed by atoms with Gasteiger partial charge in [-0.3, -0.25) is 4.90 Å². The minimum absolute atomic E-state index is 0.647. The van der Waals surface area contributed by atoms with Gasteiger partial charge < -0.3 is 5.32 Å². The van der Waals surface area contributed by atoms with Gasteiger partial charge in [0.2, 0.25) is 0 Å². The van der Waals surface area contributed by atoms with E-state index in [9.17, 15) is 0 Å². The average Bonchev–Trinajstić information content (AvgIpc) is 2.89. The fourth-order valence-corrected chi connectivity index (χ4v) is 3.54. The number of hydrogen-bond acceptors (Lipinski definition) is 4. The molecule has 0 aromatic carbocycles. The van der Waals surface area contributed by atoms with Crippen molar-refractivity contribution in [2.45, 2.75) is 39.3 Å². The maximum Gasteiger partial charge on any atom is 0.183 e. The first-order chi connectivity index (χ1) is 8.63. The third-order valence-corrected chi connectivity index (χ3v) is 4.27. The van der Waals surface area contributed by atoms with Gasteiger partial charge in [0.1, 0.15) is 0 Å². The van der Waals surface area contributed by atoms with Gasteiger partial charge in [-0.1, -0.05) is 25.4 Å². The summed E-state index contributed by atoms with van der Waals surface area (Å²) in [5, 5.41) is 3.57. The molecule has 1 unspecified atom stereocenters. The second-order valence-electron chi connectivity index (χ2n) is 5.46. The van der Waals surface area contributed by atoms with Crippen LogP contribution in [0.5, 0.6) is 0 Å². The van der Waals surface area contributed by atoms with Crippen molar-refractivity contribution in [1.82, 2.24) is 15.2 Å². The summed E-state index contributed by atoms with van der Waals surface area (Å²) in [6.45, 7) is 8.96. The molecule has 5 heteroatoms. The summed E-state index contributed by atoms with van der Waals surface area (Å²) < 4.78 is 0.647. The van der Waals surface area contributed by atoms with Gasteiger partial charge in [0.15, 0.2) is 4.47 Å². The molecule has 1 atom stereocenters. The van der Waals surface area contributed by atoms with Crippen molar-refractivity contribution < 1.29 is 0 Å². The molecule has 1 fully saturated rings. The van der Waals surface area contributed by atoms with Crippen molar-refractivity contribution >= 4 is 22.9 Å². The third-order valence-electron chi connectivity index (χ3n) is 3.17. The van der Waals surface area contributed by atoms with Gasteiger partial charge in [0.25, 0.3) is 0 Å². The second kappa shape index (κ2) is 6.85. The minimum Gasteiger partial charge on any atom is -0.313 e. The van der Waals surface area contributed by atoms with Crippen LogP contribution in [0, 0.1) is 5.92 Å². The molecule has 0 spiro atoms. The Morgan fingerprint density at radius 3 is 3.00 bits per heavy atom. The molecule has 3 nitrogen and oxygen atoms in total. The van der Waals surface area contributed by atoms with E-state index >= 15 is 0 Å². The highest BCUT2D eigenvalue weighted by Gasteiger charge is 2.19. The topological polar surface area (TPSA) is 28.2 Å². The quantitative estimate of drug-likeness (QED) is 0.872. The van der Waals surface area contributed by atoms with Crippen LogP contribution in [0.3, 0.4) is 0 Å². The van der Waals surface area contributed by atoms with Crippen molar-refractivity contribution in [3.05, 3.63) is 15.5 Å². The summed E-state index contributed by atoms with van der Waals surface area (Å²) in [5.74, 6) is 0.690. The van der Waals surface area contributed by atoms with Crippen LogP contribution in [-0.4, -0.2) is 35.6 Å². The van der Waals surface area contributed by atoms with Gasteiger partial charge in [-0.05, 0) is 25.3 Å². The van der Waals surface area contributed by atoms with Crippen LogP contribution < -0.4 is 5.32 Å². The smallest absolute Gasteiger partial charge is 0.183 e. The van der Waals surface area contributed by atoms with E-state index in [1.807, 2.05) is 6.20 Å². The normalized spacial score (nSPS) is 20.2. The Balaban J connectivity index is 1.91. The largest absolute Gasteiger partial charge is 0.313 e. The summed E-state index contributed by atoms with van der Waals surface area (Å²) in [6.07, 6.45) is 4.52. The molecule has 0 bridgehead atoms. The first kappa shape index (κ1) is 14.3. The first-order valence-electron chi connectivity index (χ1n) is 6.69. The fraction of sp³-hybridized carbons (Fsp3) is 0.769. The number of rotatable bonds is 6. The van der Waals surface area contributed by atoms with E-state index in [2.05, 4.69) is 29.0 Å². The zero-order chi connectivity index (χ0) is 13.0. The molecule has 0 radical (unpaired) electrons. The molecule has 0 aliphatic carbocycles. The van der Waals surface area contributed by atoms with E-state index in [1.165, 1.54) is 24.3 Å². The van der Waals surface area contributed by atoms with Gasteiger partial charge in [-0.25, -0.2) is 4.98 Å². The number of nitrogens with one attached hydrogen (secondary N) is 1. The van der Waals surface area contributed by atoms with Crippen molar-refractivity contribution in [3.8, 4) is 0 Å². The van der Waals surface area contributed by atoms with E-state index in [-0.39, 0.29) is 0 Å². The Labute approximate surface area is 119 Å². The number of hydrogen-bond donors (Lipinski definition) is 1. The fourth-order valence-electron chi connectivity index (χ4n) is 2.52. The van der Waals surface area contributed by atoms with Gasteiger partial charge >= 0.3 is 0 Å². The van der Waals surface area contributed by atoms with E-state index < -0.39 is 0 Å². The number of aromatic nitrogens is 1. The Morgan fingerprint density at radius 1 is 1.61 bits per heavy atom. The molecule has 1 aromatic rings. The molecular formula is C13H22ClN3S. The molecule has 102 valence electrons. The zero-order valence-corrected chi connectivity index (χ0v) is 12.7. The summed E-state index contributed by atoms with van der Waals surface area (Å²) in [5.41, 5.74) is 0. The number of halogens is 1. The van der Waals surface area contributed by atoms with Crippen LogP contribution in [0.25, 0.3) is 0 Å². The molecule has 1 aliphatic rings. The van der Waals surface area contributed by atoms with Crippen LogP contribution in [0.15, 0.2) is 6.20 Å². The highest BCUT2D eigenvalue weighted by molar-refractivity contribution is 7.15. The lowest BCUT2D eigenvalue weighted by molar-refractivity contribution is 0.218. The molecule has 0 amide bonds. The van der Waals surface area contributed by atoms with Crippen molar-refractivity contribution in [1.29, 1.82) is 0 Å². The van der Waals surface area contributed by atoms with Gasteiger partial charge in [-0.15, -0.1) is 11.3 Å². The van der Waals surface area contributed by atoms with Crippen LogP contribution in [-0.2, 0) is 6.54 Å². The Hall–Kier alpha value is -0.160. The maximum atomic E-state index is 5.90. The third kappa shape index (κ3) is 4.50. The highest BCUT2D eigenvalue weighted by atomic mass is 35.5. The highest BCUT2D eigenvalue weighted by Crippen LogP contribution is 2.20. The Kier molecular flexibility index (Phi) is 5.42. The monoisotopic (exact) mass is 287 g/mol. The predicted octanol–water partition coefficient (Wildman–Crippen LogP) is 3.01. The van der Waals surface area contributed by atoms with E-state index in [1.54, 1.807) is 11.3 Å². The van der Waals surface area contributed by atoms with E-state index in [0.29, 0.717) is 16.4 Å². The molecule has 1 aliphatic heterocycles. The average molecular weight is 288 g/mol. The molecular weight excluding hydrogens is 266 g/mol. The van der Waals surface area contributed by atoms with Crippen molar-refractivity contribution in [3.63, 3.8) is 0 Å². The van der Waals surface area contributed by atoms with Gasteiger partial charge in [0.05, 0.1) is 0 Å². The number of nitrogens with zero attached hydrogens (tertiary/aromatic N) is 2. The van der Waals surface area contributed by atoms with Crippen LogP contribution in [0.1, 0.15) is 31.6 Å². The summed E-state index contributed by atoms with van der Waals surface area (Å²) in [7, 11) is 0. The summed E-state index contributed by atoms with van der Waals surface area (Å²) in [4.78, 5) is 7.91. The van der Waals surface area contributed by atoms with E-state index in [0.717, 1.165) is 19.6 Å². The summed E-state index contributed by atoms with van der Waals surface area (Å²) in [6, 6.07) is 0.659. The van der Waals surface area contributed by atoms with Crippen LogP contribution in [0.2, 0.25) is 4.47 Å². The molecule has 1 aromatic heterocycles. The SMILES string of the molecule is CC(C)CN(Cc1cnc(Cl)s1)CC1CCCN1. The molecule has 1 N–H and O–H groups in total. The van der Waals surface area contributed by atoms with Crippen molar-refractivity contribution in [2.75, 3.05) is 19.6 Å². The van der Waals surface area contributed by atoms with Crippen molar-refractivity contribution in [2.24, 2.45) is 5.92 Å². The second-order valence-corrected chi connectivity index (χ2v) is 7.16. The zero-order valence-electron chi connectivity index (χ0n) is 11.2. The molecule has 0 saturated carbocycles. The summed E-state index contributed by atoms with van der Waals surface area (Å²) >= 11 is 7.49. The molecule has 18 heavy (non-hydrogen) atoms. The molecule has 1 saturated heterocycles. The predicted molar refractivity (Wildman–Crippen MR) is 78.3 cm³/mol. The Bertz CT molecular complexity index is 361.